The van der Waals surface area contributed by atoms with Gasteiger partial charge in [0.25, 0.3) is 0 Å². The fourth-order valence-electron chi connectivity index (χ4n) is 0.689. The standard InChI is InChI=1S/C6H13F3N2O2S2/c1-15(12,13)11-3-2-10-4-5-14-6(7,8)9/h10-11H,2-5H2,1H3. The van der Waals surface area contributed by atoms with E-state index in [0.29, 0.717) is 6.54 Å². The van der Waals surface area contributed by atoms with Gasteiger partial charge in [-0.05, 0) is 11.8 Å². The zero-order valence-electron chi connectivity index (χ0n) is 8.10. The second kappa shape index (κ2) is 6.56. The Morgan fingerprint density at radius 1 is 1.20 bits per heavy atom. The van der Waals surface area contributed by atoms with E-state index < -0.39 is 15.5 Å². The highest BCUT2D eigenvalue weighted by Gasteiger charge is 2.27. The molecule has 0 saturated heterocycles. The average molecular weight is 266 g/mol. The normalized spacial score (nSPS) is 13.1. The Kier molecular flexibility index (Phi) is 6.57. The monoisotopic (exact) mass is 266 g/mol. The van der Waals surface area contributed by atoms with Gasteiger partial charge < -0.3 is 5.32 Å². The van der Waals surface area contributed by atoms with Gasteiger partial charge >= 0.3 is 5.51 Å². The van der Waals surface area contributed by atoms with Crippen LogP contribution in [0.5, 0.6) is 0 Å². The molecule has 4 nitrogen and oxygen atoms in total. The molecule has 0 saturated carbocycles. The summed E-state index contributed by atoms with van der Waals surface area (Å²) >= 11 is -0.104. The van der Waals surface area contributed by atoms with Gasteiger partial charge in [-0.2, -0.15) is 13.2 Å². The van der Waals surface area contributed by atoms with Gasteiger partial charge in [-0.25, -0.2) is 13.1 Å². The molecule has 0 aromatic rings. The largest absolute Gasteiger partial charge is 0.441 e. The van der Waals surface area contributed by atoms with E-state index in [0.717, 1.165) is 6.26 Å². The quantitative estimate of drug-likeness (QED) is 0.654. The first-order chi connectivity index (χ1) is 6.71. The van der Waals surface area contributed by atoms with E-state index in [1.165, 1.54) is 0 Å². The van der Waals surface area contributed by atoms with Gasteiger partial charge in [-0.3, -0.25) is 0 Å². The van der Waals surface area contributed by atoms with Crippen molar-refractivity contribution in [1.82, 2.24) is 10.0 Å². The molecule has 0 aromatic heterocycles. The van der Waals surface area contributed by atoms with Crippen LogP contribution in [-0.4, -0.2) is 45.6 Å². The molecule has 0 aromatic carbocycles. The lowest BCUT2D eigenvalue weighted by atomic mass is 10.6. The zero-order valence-corrected chi connectivity index (χ0v) is 9.73. The molecule has 0 spiro atoms. The summed E-state index contributed by atoms with van der Waals surface area (Å²) < 4.78 is 58.2. The van der Waals surface area contributed by atoms with Crippen LogP contribution in [0.3, 0.4) is 0 Å². The molecule has 15 heavy (non-hydrogen) atoms. The minimum absolute atomic E-state index is 0.0810. The predicted molar refractivity (Wildman–Crippen MR) is 54.2 cm³/mol. The molecular formula is C6H13F3N2O2S2. The Morgan fingerprint density at radius 2 is 1.80 bits per heavy atom. The van der Waals surface area contributed by atoms with Crippen LogP contribution >= 0.6 is 11.8 Å². The Hall–Kier alpha value is 0.01000. The second-order valence-corrected chi connectivity index (χ2v) is 5.70. The molecule has 0 heterocycles. The van der Waals surface area contributed by atoms with Crippen LogP contribution < -0.4 is 10.0 Å². The summed E-state index contributed by atoms with van der Waals surface area (Å²) in [7, 11) is -3.22. The number of nitrogens with one attached hydrogen (secondary N) is 2. The van der Waals surface area contributed by atoms with E-state index in [-0.39, 0.29) is 30.6 Å². The lowest BCUT2D eigenvalue weighted by Gasteiger charge is -2.06. The van der Waals surface area contributed by atoms with Crippen molar-refractivity contribution in [3.63, 3.8) is 0 Å². The van der Waals surface area contributed by atoms with E-state index in [4.69, 9.17) is 0 Å². The maximum atomic E-state index is 11.6. The minimum atomic E-state index is -4.20. The third-order valence-electron chi connectivity index (χ3n) is 1.21. The molecule has 92 valence electrons. The summed E-state index contributed by atoms with van der Waals surface area (Å²) in [5, 5.41) is 2.68. The highest BCUT2D eigenvalue weighted by Crippen LogP contribution is 2.29. The Balaban J connectivity index is 3.27. The first-order valence-electron chi connectivity index (χ1n) is 4.07. The Bertz CT molecular complexity index is 266. The summed E-state index contributed by atoms with van der Waals surface area (Å²) in [6.07, 6.45) is 1.02. The van der Waals surface area contributed by atoms with Gasteiger partial charge in [-0.15, -0.1) is 0 Å². The molecule has 0 unspecified atom stereocenters. The van der Waals surface area contributed by atoms with Crippen molar-refractivity contribution in [2.75, 3.05) is 31.6 Å². The first kappa shape index (κ1) is 15.0. The number of halogens is 3. The lowest BCUT2D eigenvalue weighted by Crippen LogP contribution is -2.32. The lowest BCUT2D eigenvalue weighted by molar-refractivity contribution is -0.0327. The third-order valence-corrected chi connectivity index (χ3v) is 2.67. The van der Waals surface area contributed by atoms with Gasteiger partial charge in [-0.1, -0.05) is 0 Å². The van der Waals surface area contributed by atoms with Crippen LogP contribution in [0.15, 0.2) is 0 Å². The number of thioether (sulfide) groups is 1. The molecule has 0 aliphatic rings. The summed E-state index contributed by atoms with van der Waals surface area (Å²) in [5.74, 6) is -0.0810. The molecule has 0 rings (SSSR count). The molecule has 2 N–H and O–H groups in total. The predicted octanol–water partition coefficient (Wildman–Crippen LogP) is 0.378. The van der Waals surface area contributed by atoms with Crippen molar-refractivity contribution in [2.24, 2.45) is 0 Å². The van der Waals surface area contributed by atoms with Crippen LogP contribution in [0.25, 0.3) is 0 Å². The van der Waals surface area contributed by atoms with Crippen molar-refractivity contribution < 1.29 is 21.6 Å². The molecule has 0 radical (unpaired) electrons. The highest BCUT2D eigenvalue weighted by molar-refractivity contribution is 8.00. The van der Waals surface area contributed by atoms with Gasteiger partial charge in [0, 0.05) is 25.4 Å². The average Bonchev–Trinajstić information content (AvgIpc) is 1.98. The Labute approximate surface area is 91.0 Å². The second-order valence-electron chi connectivity index (χ2n) is 2.71. The van der Waals surface area contributed by atoms with Crippen LogP contribution in [0.4, 0.5) is 13.2 Å². The summed E-state index contributed by atoms with van der Waals surface area (Å²) in [4.78, 5) is 0. The van der Waals surface area contributed by atoms with Crippen molar-refractivity contribution in [1.29, 1.82) is 0 Å². The Morgan fingerprint density at radius 3 is 2.27 bits per heavy atom. The van der Waals surface area contributed by atoms with Crippen LogP contribution in [0.2, 0.25) is 0 Å². The number of hydrogen-bond donors (Lipinski definition) is 2. The van der Waals surface area contributed by atoms with Crippen LogP contribution in [-0.2, 0) is 10.0 Å². The number of sulfonamides is 1. The topological polar surface area (TPSA) is 58.2 Å². The van der Waals surface area contributed by atoms with E-state index in [2.05, 4.69) is 10.0 Å². The maximum Gasteiger partial charge on any atom is 0.441 e. The third kappa shape index (κ3) is 14.0. The molecule has 0 bridgehead atoms. The molecule has 0 fully saturated rings. The fourth-order valence-corrected chi connectivity index (χ4v) is 1.64. The summed E-state index contributed by atoms with van der Waals surface area (Å²) in [5.41, 5.74) is -4.20. The fraction of sp³-hybridized carbons (Fsp3) is 1.00. The maximum absolute atomic E-state index is 11.6. The highest BCUT2D eigenvalue weighted by atomic mass is 32.2. The van der Waals surface area contributed by atoms with Crippen molar-refractivity contribution >= 4 is 21.8 Å². The molecule has 0 aliphatic carbocycles. The molecular weight excluding hydrogens is 253 g/mol. The van der Waals surface area contributed by atoms with Gasteiger partial charge in [0.1, 0.15) is 0 Å². The number of alkyl halides is 3. The molecule has 0 amide bonds. The number of rotatable bonds is 7. The van der Waals surface area contributed by atoms with Crippen molar-refractivity contribution in [3.8, 4) is 0 Å². The summed E-state index contributed by atoms with van der Waals surface area (Å²) in [6.45, 7) is 0.677. The molecule has 0 atom stereocenters. The van der Waals surface area contributed by atoms with Gasteiger partial charge in [0.15, 0.2) is 0 Å². The van der Waals surface area contributed by atoms with Crippen molar-refractivity contribution in [2.45, 2.75) is 5.51 Å². The van der Waals surface area contributed by atoms with E-state index in [1.54, 1.807) is 0 Å². The smallest absolute Gasteiger partial charge is 0.315 e. The van der Waals surface area contributed by atoms with E-state index in [1.807, 2.05) is 0 Å². The first-order valence-corrected chi connectivity index (χ1v) is 6.94. The van der Waals surface area contributed by atoms with E-state index in [9.17, 15) is 21.6 Å². The zero-order chi connectivity index (χ0) is 11.9. The van der Waals surface area contributed by atoms with Crippen LogP contribution in [0, 0.1) is 0 Å². The van der Waals surface area contributed by atoms with Crippen molar-refractivity contribution in [3.05, 3.63) is 0 Å². The van der Waals surface area contributed by atoms with Gasteiger partial charge in [0.05, 0.1) is 6.26 Å². The van der Waals surface area contributed by atoms with Gasteiger partial charge in [0.2, 0.25) is 10.0 Å². The van der Waals surface area contributed by atoms with E-state index >= 15 is 0 Å². The summed E-state index contributed by atoms with van der Waals surface area (Å²) in [6, 6.07) is 0. The molecule has 0 aliphatic heterocycles. The molecule has 9 heteroatoms. The number of hydrogen-bond acceptors (Lipinski definition) is 4. The van der Waals surface area contributed by atoms with Crippen LogP contribution in [0.1, 0.15) is 0 Å². The minimum Gasteiger partial charge on any atom is -0.315 e. The SMILES string of the molecule is CS(=O)(=O)NCCNCCSC(F)(F)F.